The molecule has 0 radical (unpaired) electrons. The molecule has 0 atom stereocenters. The van der Waals surface area contributed by atoms with Gasteiger partial charge in [-0.3, -0.25) is 14.6 Å². The molecule has 3 heterocycles. The first-order valence-corrected chi connectivity index (χ1v) is 9.48. The largest absolute Gasteiger partial charge is 0.379 e. The molecule has 0 N–H and O–H groups in total. The minimum absolute atomic E-state index is 0.0446. The molecule has 3 rings (SSSR count). The van der Waals surface area contributed by atoms with Crippen LogP contribution in [0.5, 0.6) is 0 Å². The van der Waals surface area contributed by atoms with Crippen molar-refractivity contribution in [1.82, 2.24) is 9.80 Å². The number of thiocarbonyl (C=S) groups is 1. The highest BCUT2D eigenvalue weighted by Gasteiger charge is 2.31. The Morgan fingerprint density at radius 3 is 2.86 bits per heavy atom. The van der Waals surface area contributed by atoms with E-state index in [0.717, 1.165) is 49.7 Å². The molecule has 0 aromatic carbocycles. The quantitative estimate of drug-likeness (QED) is 0.600. The van der Waals surface area contributed by atoms with Crippen LogP contribution in [0.3, 0.4) is 0 Å². The number of nitrogens with zero attached hydrogens (tertiary/aromatic N) is 2. The van der Waals surface area contributed by atoms with Crippen LogP contribution in [0, 0.1) is 0 Å². The molecule has 2 aliphatic rings. The van der Waals surface area contributed by atoms with Crippen molar-refractivity contribution in [3.63, 3.8) is 0 Å². The van der Waals surface area contributed by atoms with Gasteiger partial charge in [-0.05, 0) is 34.9 Å². The highest BCUT2D eigenvalue weighted by Crippen LogP contribution is 2.32. The summed E-state index contributed by atoms with van der Waals surface area (Å²) in [6.45, 7) is 5.27. The fraction of sp³-hybridized carbons (Fsp3) is 0.467. The minimum atomic E-state index is 0.0446. The average molecular weight is 355 g/mol. The van der Waals surface area contributed by atoms with Crippen LogP contribution >= 0.6 is 35.3 Å². The Labute approximate surface area is 144 Å². The number of amides is 1. The fourth-order valence-electron chi connectivity index (χ4n) is 2.48. The summed E-state index contributed by atoms with van der Waals surface area (Å²) in [5.74, 6) is 0.0446. The van der Waals surface area contributed by atoms with Crippen molar-refractivity contribution in [2.45, 2.75) is 6.42 Å². The number of hydrogen-bond acceptors (Lipinski definition) is 6. The van der Waals surface area contributed by atoms with Gasteiger partial charge in [0.05, 0.1) is 18.1 Å². The van der Waals surface area contributed by atoms with Gasteiger partial charge in [0.15, 0.2) is 0 Å². The minimum Gasteiger partial charge on any atom is -0.379 e. The first-order chi connectivity index (χ1) is 10.7. The Morgan fingerprint density at radius 2 is 2.14 bits per heavy atom. The topological polar surface area (TPSA) is 32.8 Å². The Bertz CT molecular complexity index is 565. The van der Waals surface area contributed by atoms with Crippen molar-refractivity contribution in [3.05, 3.63) is 27.3 Å². The fourth-order valence-corrected chi connectivity index (χ4v) is 4.41. The molecule has 0 spiro atoms. The molecule has 0 saturated carbocycles. The SMILES string of the molecule is O=C1/C(=C/c2ccsc2)SC(=S)N1CCCN1CCOCC1. The lowest BCUT2D eigenvalue weighted by atomic mass is 10.3. The monoisotopic (exact) mass is 354 g/mol. The number of carbonyl (C=O) groups is 1. The molecule has 0 bridgehead atoms. The molecule has 2 aliphatic heterocycles. The third-order valence-corrected chi connectivity index (χ3v) is 5.75. The first-order valence-electron chi connectivity index (χ1n) is 7.32. The van der Waals surface area contributed by atoms with Crippen LogP contribution in [0.25, 0.3) is 6.08 Å². The standard InChI is InChI=1S/C15H18N2O2S3/c18-14-13(10-12-2-9-21-11-12)22-15(20)17(14)4-1-3-16-5-7-19-8-6-16/h2,9-11H,1,3-8H2/b13-10-. The van der Waals surface area contributed by atoms with E-state index in [-0.39, 0.29) is 5.91 Å². The lowest BCUT2D eigenvalue weighted by Crippen LogP contribution is -2.38. The molecule has 1 aromatic rings. The van der Waals surface area contributed by atoms with Crippen LogP contribution in [0.2, 0.25) is 0 Å². The highest BCUT2D eigenvalue weighted by atomic mass is 32.2. The highest BCUT2D eigenvalue weighted by molar-refractivity contribution is 8.26. The van der Waals surface area contributed by atoms with Gasteiger partial charge in [-0.25, -0.2) is 0 Å². The predicted molar refractivity (Wildman–Crippen MR) is 96.1 cm³/mol. The Hall–Kier alpha value is -0.730. The molecule has 2 fully saturated rings. The first kappa shape index (κ1) is 16.1. The molecular weight excluding hydrogens is 336 g/mol. The summed E-state index contributed by atoms with van der Waals surface area (Å²) in [7, 11) is 0. The second-order valence-electron chi connectivity index (χ2n) is 5.20. The number of thiophene rings is 1. The zero-order valence-corrected chi connectivity index (χ0v) is 14.6. The van der Waals surface area contributed by atoms with Gasteiger partial charge in [0.2, 0.25) is 0 Å². The van der Waals surface area contributed by atoms with Crippen LogP contribution in [0.15, 0.2) is 21.7 Å². The van der Waals surface area contributed by atoms with E-state index >= 15 is 0 Å². The maximum absolute atomic E-state index is 12.4. The van der Waals surface area contributed by atoms with Gasteiger partial charge >= 0.3 is 0 Å². The van der Waals surface area contributed by atoms with Crippen LogP contribution < -0.4 is 0 Å². The summed E-state index contributed by atoms with van der Waals surface area (Å²) in [5.41, 5.74) is 1.07. The molecule has 1 amide bonds. The Balaban J connectivity index is 1.53. The molecule has 7 heteroatoms. The third kappa shape index (κ3) is 3.97. The third-order valence-electron chi connectivity index (χ3n) is 3.67. The number of rotatable bonds is 5. The van der Waals surface area contributed by atoms with Crippen molar-refractivity contribution >= 4 is 51.6 Å². The molecule has 0 aliphatic carbocycles. The van der Waals surface area contributed by atoms with Crippen LogP contribution in [0.1, 0.15) is 12.0 Å². The van der Waals surface area contributed by atoms with E-state index in [9.17, 15) is 4.79 Å². The summed E-state index contributed by atoms with van der Waals surface area (Å²) in [5, 5.41) is 4.04. The number of thioether (sulfide) groups is 1. The summed E-state index contributed by atoms with van der Waals surface area (Å²) in [6, 6.07) is 2.01. The molecule has 4 nitrogen and oxygen atoms in total. The summed E-state index contributed by atoms with van der Waals surface area (Å²) in [6.07, 6.45) is 2.87. The van der Waals surface area contributed by atoms with Gasteiger partial charge in [-0.1, -0.05) is 24.0 Å². The van der Waals surface area contributed by atoms with Crippen LogP contribution in [-0.2, 0) is 9.53 Å². The molecule has 2 saturated heterocycles. The summed E-state index contributed by atoms with van der Waals surface area (Å²) >= 11 is 8.39. The molecule has 0 unspecified atom stereocenters. The lowest BCUT2D eigenvalue weighted by Gasteiger charge is -2.27. The van der Waals surface area contributed by atoms with E-state index in [1.54, 1.807) is 16.2 Å². The maximum atomic E-state index is 12.4. The van der Waals surface area contributed by atoms with E-state index < -0.39 is 0 Å². The molecular formula is C15H18N2O2S3. The lowest BCUT2D eigenvalue weighted by molar-refractivity contribution is -0.122. The Kier molecular flexibility index (Phi) is 5.65. The average Bonchev–Trinajstić information content (AvgIpc) is 3.12. The van der Waals surface area contributed by atoms with Crippen molar-refractivity contribution in [3.8, 4) is 0 Å². The van der Waals surface area contributed by atoms with Crippen molar-refractivity contribution in [1.29, 1.82) is 0 Å². The number of morpholine rings is 1. The number of carbonyl (C=O) groups excluding carboxylic acids is 1. The van der Waals surface area contributed by atoms with Crippen molar-refractivity contribution in [2.24, 2.45) is 0 Å². The second-order valence-corrected chi connectivity index (χ2v) is 7.65. The molecule has 118 valence electrons. The summed E-state index contributed by atoms with van der Waals surface area (Å²) < 4.78 is 6.02. The van der Waals surface area contributed by atoms with Gasteiger partial charge in [0.25, 0.3) is 5.91 Å². The maximum Gasteiger partial charge on any atom is 0.266 e. The van der Waals surface area contributed by atoms with Crippen molar-refractivity contribution in [2.75, 3.05) is 39.4 Å². The van der Waals surface area contributed by atoms with Crippen LogP contribution in [-0.4, -0.2) is 59.4 Å². The van der Waals surface area contributed by atoms with E-state index in [2.05, 4.69) is 4.90 Å². The van der Waals surface area contributed by atoms with Gasteiger partial charge in [0.1, 0.15) is 4.32 Å². The zero-order valence-electron chi connectivity index (χ0n) is 12.2. The van der Waals surface area contributed by atoms with E-state index in [1.165, 1.54) is 11.8 Å². The van der Waals surface area contributed by atoms with Gasteiger partial charge < -0.3 is 4.74 Å². The van der Waals surface area contributed by atoms with Gasteiger partial charge in [-0.15, -0.1) is 0 Å². The van der Waals surface area contributed by atoms with E-state index in [4.69, 9.17) is 17.0 Å². The van der Waals surface area contributed by atoms with Gasteiger partial charge in [0, 0.05) is 26.2 Å². The smallest absolute Gasteiger partial charge is 0.266 e. The van der Waals surface area contributed by atoms with Crippen molar-refractivity contribution < 1.29 is 9.53 Å². The van der Waals surface area contributed by atoms with E-state index in [0.29, 0.717) is 10.9 Å². The predicted octanol–water partition coefficient (Wildman–Crippen LogP) is 2.67. The number of hydrogen-bond donors (Lipinski definition) is 0. The molecule has 1 aromatic heterocycles. The Morgan fingerprint density at radius 1 is 1.32 bits per heavy atom. The normalized spacial score (nSPS) is 22.0. The molecule has 22 heavy (non-hydrogen) atoms. The summed E-state index contributed by atoms with van der Waals surface area (Å²) in [4.78, 5) is 17.3. The zero-order chi connectivity index (χ0) is 15.4. The van der Waals surface area contributed by atoms with Crippen LogP contribution in [0.4, 0.5) is 0 Å². The second kappa shape index (κ2) is 7.70. The number of ether oxygens (including phenoxy) is 1. The van der Waals surface area contributed by atoms with Gasteiger partial charge in [-0.2, -0.15) is 11.3 Å². The van der Waals surface area contributed by atoms with E-state index in [1.807, 2.05) is 22.9 Å².